The van der Waals surface area contributed by atoms with Gasteiger partial charge in [0.25, 0.3) is 0 Å². The number of halogens is 3. The first-order chi connectivity index (χ1) is 13.8. The van der Waals surface area contributed by atoms with E-state index in [9.17, 15) is 13.2 Å². The number of imidazole rings is 1. The molecule has 0 fully saturated rings. The molecule has 0 amide bonds. The Morgan fingerprint density at radius 2 is 1.83 bits per heavy atom. The fourth-order valence-electron chi connectivity index (χ4n) is 3.27. The van der Waals surface area contributed by atoms with Crippen molar-refractivity contribution >= 4 is 17.0 Å². The lowest BCUT2D eigenvalue weighted by molar-refractivity contribution is -0.137. The number of aryl methyl sites for hydroxylation is 2. The van der Waals surface area contributed by atoms with Gasteiger partial charge in [-0.05, 0) is 30.7 Å². The average molecular weight is 396 g/mol. The van der Waals surface area contributed by atoms with E-state index >= 15 is 0 Å². The molecule has 148 valence electrons. The van der Waals surface area contributed by atoms with E-state index in [4.69, 9.17) is 0 Å². The van der Waals surface area contributed by atoms with Crippen LogP contribution in [0.15, 0.2) is 60.8 Å². The summed E-state index contributed by atoms with van der Waals surface area (Å²) < 4.78 is 40.9. The summed E-state index contributed by atoms with van der Waals surface area (Å²) in [6.07, 6.45) is -2.80. The van der Waals surface area contributed by atoms with Crippen molar-refractivity contribution in [2.45, 2.75) is 19.6 Å². The number of rotatable bonds is 4. The fraction of sp³-hybridized carbons (Fsp3) is 0.182. The van der Waals surface area contributed by atoms with E-state index in [2.05, 4.69) is 21.4 Å². The molecule has 0 aliphatic rings. The van der Waals surface area contributed by atoms with Crippen LogP contribution in [0.2, 0.25) is 0 Å². The second-order valence-corrected chi connectivity index (χ2v) is 6.97. The van der Waals surface area contributed by atoms with Crippen molar-refractivity contribution in [3.63, 3.8) is 0 Å². The van der Waals surface area contributed by atoms with E-state index < -0.39 is 11.7 Å². The Labute approximate surface area is 166 Å². The van der Waals surface area contributed by atoms with Gasteiger partial charge < -0.3 is 9.88 Å². The van der Waals surface area contributed by atoms with Crippen molar-refractivity contribution in [1.82, 2.24) is 14.5 Å². The third-order valence-electron chi connectivity index (χ3n) is 4.79. The maximum atomic E-state index is 13.0. The summed E-state index contributed by atoms with van der Waals surface area (Å²) in [5, 5.41) is 3.31. The number of nitrogens with one attached hydrogen (secondary N) is 1. The van der Waals surface area contributed by atoms with Crippen molar-refractivity contribution in [2.75, 3.05) is 5.32 Å². The molecule has 4 aromatic rings. The van der Waals surface area contributed by atoms with Crippen LogP contribution in [0.3, 0.4) is 0 Å². The summed E-state index contributed by atoms with van der Waals surface area (Å²) in [6.45, 7) is 2.66. The van der Waals surface area contributed by atoms with Crippen molar-refractivity contribution in [1.29, 1.82) is 0 Å². The molecule has 0 aliphatic carbocycles. The van der Waals surface area contributed by atoms with Gasteiger partial charge in [0, 0.05) is 19.2 Å². The minimum absolute atomic E-state index is 0.414. The Morgan fingerprint density at radius 1 is 1.03 bits per heavy atom. The van der Waals surface area contributed by atoms with E-state index in [0.717, 1.165) is 23.2 Å². The highest BCUT2D eigenvalue weighted by molar-refractivity contribution is 5.82. The first-order valence-corrected chi connectivity index (χ1v) is 9.11. The van der Waals surface area contributed by atoms with Crippen LogP contribution in [0.1, 0.15) is 16.7 Å². The van der Waals surface area contributed by atoms with Crippen LogP contribution < -0.4 is 5.32 Å². The molecule has 2 heterocycles. The Hall–Kier alpha value is -3.35. The van der Waals surface area contributed by atoms with Crippen LogP contribution in [0.4, 0.5) is 19.1 Å². The number of anilines is 1. The van der Waals surface area contributed by atoms with Gasteiger partial charge in [-0.1, -0.05) is 42.0 Å². The molecule has 0 bridgehead atoms. The second kappa shape index (κ2) is 7.24. The van der Waals surface area contributed by atoms with Gasteiger partial charge in [0.15, 0.2) is 0 Å². The van der Waals surface area contributed by atoms with E-state index in [1.165, 1.54) is 11.6 Å². The van der Waals surface area contributed by atoms with Gasteiger partial charge in [-0.3, -0.25) is 4.98 Å². The smallest absolute Gasteiger partial charge is 0.352 e. The zero-order valence-electron chi connectivity index (χ0n) is 16.0. The Kier molecular flexibility index (Phi) is 4.74. The van der Waals surface area contributed by atoms with Gasteiger partial charge in [0.2, 0.25) is 5.95 Å². The highest BCUT2D eigenvalue weighted by Crippen LogP contribution is 2.32. The number of benzene rings is 2. The first kappa shape index (κ1) is 19.0. The summed E-state index contributed by atoms with van der Waals surface area (Å²) in [5.74, 6) is 0.671. The van der Waals surface area contributed by atoms with Crippen molar-refractivity contribution < 1.29 is 13.2 Å². The lowest BCUT2D eigenvalue weighted by atomic mass is 10.1. The summed E-state index contributed by atoms with van der Waals surface area (Å²) in [5.41, 5.74) is 3.98. The number of aromatic nitrogens is 3. The molecule has 0 aliphatic heterocycles. The molecule has 0 saturated carbocycles. The summed E-state index contributed by atoms with van der Waals surface area (Å²) in [4.78, 5) is 8.86. The highest BCUT2D eigenvalue weighted by atomic mass is 19.4. The number of alkyl halides is 3. The maximum absolute atomic E-state index is 13.0. The zero-order valence-corrected chi connectivity index (χ0v) is 16.0. The van der Waals surface area contributed by atoms with Crippen LogP contribution in [0.25, 0.3) is 22.3 Å². The molecule has 0 unspecified atom stereocenters. The van der Waals surface area contributed by atoms with Gasteiger partial charge in [-0.2, -0.15) is 13.2 Å². The summed E-state index contributed by atoms with van der Waals surface area (Å²) in [7, 11) is 1.86. The van der Waals surface area contributed by atoms with Gasteiger partial charge >= 0.3 is 6.18 Å². The Bertz CT molecular complexity index is 1180. The predicted molar refractivity (Wildman–Crippen MR) is 107 cm³/mol. The maximum Gasteiger partial charge on any atom is 0.416 e. The molecule has 0 radical (unpaired) electrons. The van der Waals surface area contributed by atoms with Crippen LogP contribution >= 0.6 is 0 Å². The molecule has 0 spiro atoms. The largest absolute Gasteiger partial charge is 0.416 e. The topological polar surface area (TPSA) is 42.7 Å². The predicted octanol–water partition coefficient (Wildman–Crippen LogP) is 5.57. The first-order valence-electron chi connectivity index (χ1n) is 9.11. The molecule has 2 aromatic carbocycles. The van der Waals surface area contributed by atoms with Crippen LogP contribution in [-0.4, -0.2) is 14.5 Å². The Balaban J connectivity index is 1.64. The van der Waals surface area contributed by atoms with Crippen molar-refractivity contribution in [2.24, 2.45) is 7.05 Å². The second-order valence-electron chi connectivity index (χ2n) is 6.97. The molecule has 1 N–H and O–H groups in total. The summed E-state index contributed by atoms with van der Waals surface area (Å²) >= 11 is 0. The van der Waals surface area contributed by atoms with Crippen LogP contribution in [0, 0.1) is 6.92 Å². The van der Waals surface area contributed by atoms with E-state index in [1.54, 1.807) is 18.3 Å². The van der Waals surface area contributed by atoms with Gasteiger partial charge in [0.1, 0.15) is 5.52 Å². The normalized spacial score (nSPS) is 11.8. The van der Waals surface area contributed by atoms with Gasteiger partial charge in [-0.25, -0.2) is 4.98 Å². The van der Waals surface area contributed by atoms with E-state index in [1.807, 2.05) is 36.7 Å². The number of fused-ring (bicyclic) bond motifs is 1. The minimum Gasteiger partial charge on any atom is -0.352 e. The van der Waals surface area contributed by atoms with Crippen molar-refractivity contribution in [3.8, 4) is 11.3 Å². The molecule has 0 atom stereocenters. The molecule has 0 saturated heterocycles. The molecular formula is C22H19F3N4. The van der Waals surface area contributed by atoms with Gasteiger partial charge in [-0.15, -0.1) is 0 Å². The molecule has 7 heteroatoms. The highest BCUT2D eigenvalue weighted by Gasteiger charge is 2.30. The SMILES string of the molecule is Cc1cccc(CNc2nc3cnc(-c4cccc(C(F)(F)F)c4)cc3n2C)c1. The monoisotopic (exact) mass is 396 g/mol. The lowest BCUT2D eigenvalue weighted by Crippen LogP contribution is -2.05. The van der Waals surface area contributed by atoms with E-state index in [-0.39, 0.29) is 0 Å². The lowest BCUT2D eigenvalue weighted by Gasteiger charge is -2.09. The summed E-state index contributed by atoms with van der Waals surface area (Å²) in [6, 6.07) is 15.1. The van der Waals surface area contributed by atoms with Crippen molar-refractivity contribution in [3.05, 3.63) is 77.5 Å². The third-order valence-corrected chi connectivity index (χ3v) is 4.79. The molecular weight excluding hydrogens is 377 g/mol. The average Bonchev–Trinajstić information content (AvgIpc) is 3.01. The molecule has 2 aromatic heterocycles. The van der Waals surface area contributed by atoms with Crippen LogP contribution in [0.5, 0.6) is 0 Å². The quantitative estimate of drug-likeness (QED) is 0.490. The minimum atomic E-state index is -4.39. The molecule has 29 heavy (non-hydrogen) atoms. The molecule has 4 nitrogen and oxygen atoms in total. The standard InChI is InChI=1S/C22H19F3N4/c1-14-5-3-6-15(9-14)12-27-21-28-19-13-26-18(11-20(19)29(21)2)16-7-4-8-17(10-16)22(23,24)25/h3-11,13H,12H2,1-2H3,(H,27,28). The fourth-order valence-corrected chi connectivity index (χ4v) is 3.27. The van der Waals surface area contributed by atoms with Crippen LogP contribution in [-0.2, 0) is 19.8 Å². The number of pyridine rings is 1. The Morgan fingerprint density at radius 3 is 2.59 bits per heavy atom. The van der Waals surface area contributed by atoms with E-state index in [0.29, 0.717) is 29.3 Å². The number of hydrogen-bond donors (Lipinski definition) is 1. The zero-order chi connectivity index (χ0) is 20.6. The van der Waals surface area contributed by atoms with Gasteiger partial charge in [0.05, 0.1) is 23.0 Å². The number of hydrogen-bond acceptors (Lipinski definition) is 3. The molecule has 4 rings (SSSR count). The third kappa shape index (κ3) is 3.94. The number of nitrogens with zero attached hydrogens (tertiary/aromatic N) is 3.